The molecule has 1 aromatic heterocycles. The molecule has 2 heteroatoms. The quantitative estimate of drug-likeness (QED) is 0.730. The van der Waals surface area contributed by atoms with Crippen molar-refractivity contribution in [2.45, 2.75) is 58.5 Å². The maximum atomic E-state index is 10.4. The first kappa shape index (κ1) is 11.7. The molecule has 0 aliphatic heterocycles. The summed E-state index contributed by atoms with van der Waals surface area (Å²) in [5.74, 6) is 2.45. The lowest BCUT2D eigenvalue weighted by Crippen LogP contribution is -2.29. The first-order valence-electron chi connectivity index (χ1n) is 6.06. The molecule has 90 valence electrons. The Morgan fingerprint density at radius 1 is 1.44 bits per heavy atom. The summed E-state index contributed by atoms with van der Waals surface area (Å²) < 4.78 is 5.92. The largest absolute Gasteiger partial charge is 0.465 e. The van der Waals surface area contributed by atoms with E-state index in [0.29, 0.717) is 5.92 Å². The Balaban J connectivity index is 2.48. The molecule has 0 radical (unpaired) electrons. The molecule has 0 spiro atoms. The fraction of sp³-hybridized carbons (Fsp3) is 0.714. The highest BCUT2D eigenvalue weighted by molar-refractivity contribution is 5.32. The minimum Gasteiger partial charge on any atom is -0.465 e. The van der Waals surface area contributed by atoms with Crippen LogP contribution in [0, 0.1) is 5.92 Å². The van der Waals surface area contributed by atoms with Crippen molar-refractivity contribution >= 4 is 0 Å². The maximum Gasteiger partial charge on any atom is 0.110 e. The van der Waals surface area contributed by atoms with Gasteiger partial charge in [-0.25, -0.2) is 0 Å². The zero-order chi connectivity index (χ0) is 12.1. The fourth-order valence-corrected chi connectivity index (χ4v) is 2.58. The zero-order valence-corrected chi connectivity index (χ0v) is 10.9. The van der Waals surface area contributed by atoms with Crippen molar-refractivity contribution in [1.29, 1.82) is 0 Å². The number of fused-ring (bicyclic) bond motifs is 1. The zero-order valence-electron chi connectivity index (χ0n) is 10.9. The first-order valence-corrected chi connectivity index (χ1v) is 6.06. The van der Waals surface area contributed by atoms with Gasteiger partial charge in [-0.3, -0.25) is 0 Å². The van der Waals surface area contributed by atoms with Crippen molar-refractivity contribution in [2.75, 3.05) is 0 Å². The van der Waals surface area contributed by atoms with Crippen LogP contribution in [0.2, 0.25) is 0 Å². The van der Waals surface area contributed by atoms with Gasteiger partial charge in [0.2, 0.25) is 0 Å². The molecule has 2 atom stereocenters. The molecule has 2 nitrogen and oxygen atoms in total. The number of hydrogen-bond acceptors (Lipinski definition) is 2. The Morgan fingerprint density at radius 2 is 2.06 bits per heavy atom. The second-order valence-corrected chi connectivity index (χ2v) is 6.48. The van der Waals surface area contributed by atoms with Crippen LogP contribution >= 0.6 is 0 Å². The van der Waals surface area contributed by atoms with E-state index >= 15 is 0 Å². The molecule has 0 saturated carbocycles. The third kappa shape index (κ3) is 1.91. The number of furan rings is 1. The summed E-state index contributed by atoms with van der Waals surface area (Å²) in [5.41, 5.74) is 0.284. The Hall–Kier alpha value is -0.760. The van der Waals surface area contributed by atoms with Crippen LogP contribution in [0.5, 0.6) is 0 Å². The molecular weight excluding hydrogens is 200 g/mol. The second-order valence-electron chi connectivity index (χ2n) is 6.48. The van der Waals surface area contributed by atoms with E-state index in [4.69, 9.17) is 4.42 Å². The fourth-order valence-electron chi connectivity index (χ4n) is 2.58. The summed E-state index contributed by atoms with van der Waals surface area (Å²) in [5, 5.41) is 10.4. The van der Waals surface area contributed by atoms with E-state index in [0.717, 1.165) is 29.9 Å². The molecule has 1 aliphatic rings. The third-order valence-corrected chi connectivity index (χ3v) is 3.41. The topological polar surface area (TPSA) is 33.4 Å². The summed E-state index contributed by atoms with van der Waals surface area (Å²) >= 11 is 0. The van der Waals surface area contributed by atoms with Crippen LogP contribution in [-0.4, -0.2) is 5.11 Å². The molecule has 0 saturated heterocycles. The van der Waals surface area contributed by atoms with Gasteiger partial charge in [-0.1, -0.05) is 27.7 Å². The van der Waals surface area contributed by atoms with E-state index in [2.05, 4.69) is 27.7 Å². The Kier molecular flexibility index (Phi) is 2.46. The summed E-state index contributed by atoms with van der Waals surface area (Å²) in [6.45, 7) is 10.5. The van der Waals surface area contributed by atoms with Crippen molar-refractivity contribution < 1.29 is 9.52 Å². The van der Waals surface area contributed by atoms with Gasteiger partial charge < -0.3 is 9.52 Å². The average Bonchev–Trinajstić information content (AvgIpc) is 2.45. The Bertz CT molecular complexity index is 393. The van der Waals surface area contributed by atoms with E-state index in [1.165, 1.54) is 0 Å². The third-order valence-electron chi connectivity index (χ3n) is 3.41. The Morgan fingerprint density at radius 3 is 2.62 bits per heavy atom. The van der Waals surface area contributed by atoms with E-state index in [9.17, 15) is 5.11 Å². The molecule has 16 heavy (non-hydrogen) atoms. The maximum absolute atomic E-state index is 10.4. The minimum atomic E-state index is -0.722. The van der Waals surface area contributed by atoms with Crippen LogP contribution < -0.4 is 0 Å². The molecular formula is C14H22O2. The van der Waals surface area contributed by atoms with Crippen molar-refractivity contribution in [3.05, 3.63) is 23.2 Å². The molecule has 0 amide bonds. The lowest BCUT2D eigenvalue weighted by molar-refractivity contribution is 0.0204. The van der Waals surface area contributed by atoms with Gasteiger partial charge >= 0.3 is 0 Å². The van der Waals surface area contributed by atoms with Crippen LogP contribution in [-0.2, 0) is 17.4 Å². The van der Waals surface area contributed by atoms with E-state index in [-0.39, 0.29) is 5.41 Å². The first-order chi connectivity index (χ1) is 7.20. The number of rotatable bonds is 0. The SMILES string of the molecule is CC1Cc2oc(C(C)(C)C)cc2C(C)(O)C1. The van der Waals surface area contributed by atoms with Gasteiger partial charge in [0, 0.05) is 17.4 Å². The highest BCUT2D eigenvalue weighted by Crippen LogP contribution is 2.41. The van der Waals surface area contributed by atoms with E-state index in [1.807, 2.05) is 13.0 Å². The van der Waals surface area contributed by atoms with Gasteiger partial charge in [-0.15, -0.1) is 0 Å². The molecule has 2 unspecified atom stereocenters. The van der Waals surface area contributed by atoms with Gasteiger partial charge in [0.15, 0.2) is 0 Å². The van der Waals surface area contributed by atoms with Crippen molar-refractivity contribution in [3.63, 3.8) is 0 Å². The van der Waals surface area contributed by atoms with Gasteiger partial charge in [-0.05, 0) is 25.3 Å². The van der Waals surface area contributed by atoms with Crippen molar-refractivity contribution in [3.8, 4) is 0 Å². The lowest BCUT2D eigenvalue weighted by atomic mass is 9.78. The van der Waals surface area contributed by atoms with Crippen LogP contribution in [0.15, 0.2) is 10.5 Å². The summed E-state index contributed by atoms with van der Waals surface area (Å²) in [7, 11) is 0. The molecule has 1 N–H and O–H groups in total. The van der Waals surface area contributed by atoms with Gasteiger partial charge in [0.1, 0.15) is 11.5 Å². The van der Waals surface area contributed by atoms with Gasteiger partial charge in [0.25, 0.3) is 0 Å². The predicted octanol–water partition coefficient (Wildman–Crippen LogP) is 3.37. The number of aliphatic hydroxyl groups is 1. The molecule has 1 aliphatic carbocycles. The molecule has 0 bridgehead atoms. The highest BCUT2D eigenvalue weighted by Gasteiger charge is 2.37. The van der Waals surface area contributed by atoms with Crippen LogP contribution in [0.25, 0.3) is 0 Å². The summed E-state index contributed by atoms with van der Waals surface area (Å²) in [6, 6.07) is 2.04. The van der Waals surface area contributed by atoms with Gasteiger partial charge in [-0.2, -0.15) is 0 Å². The molecule has 1 aromatic rings. The van der Waals surface area contributed by atoms with E-state index in [1.54, 1.807) is 0 Å². The van der Waals surface area contributed by atoms with E-state index < -0.39 is 5.60 Å². The van der Waals surface area contributed by atoms with Crippen LogP contribution in [0.4, 0.5) is 0 Å². The van der Waals surface area contributed by atoms with Crippen LogP contribution in [0.3, 0.4) is 0 Å². The Labute approximate surface area is 97.7 Å². The highest BCUT2D eigenvalue weighted by atomic mass is 16.3. The normalized spacial score (nSPS) is 30.2. The van der Waals surface area contributed by atoms with Crippen LogP contribution in [0.1, 0.15) is 58.1 Å². The minimum absolute atomic E-state index is 0.0106. The van der Waals surface area contributed by atoms with Gasteiger partial charge in [0.05, 0.1) is 5.60 Å². The van der Waals surface area contributed by atoms with Crippen molar-refractivity contribution in [2.24, 2.45) is 5.92 Å². The average molecular weight is 222 g/mol. The monoisotopic (exact) mass is 222 g/mol. The molecule has 1 heterocycles. The molecule has 0 fully saturated rings. The molecule has 2 rings (SSSR count). The predicted molar refractivity (Wildman–Crippen MR) is 64.5 cm³/mol. The van der Waals surface area contributed by atoms with Crippen molar-refractivity contribution in [1.82, 2.24) is 0 Å². The number of hydrogen-bond donors (Lipinski definition) is 1. The molecule has 0 aromatic carbocycles. The lowest BCUT2D eigenvalue weighted by Gasteiger charge is -2.31. The second kappa shape index (κ2) is 3.36. The standard InChI is InChI=1S/C14H22O2/c1-9-6-11-10(14(5,15)8-9)7-12(16-11)13(2,3)4/h7,9,15H,6,8H2,1-5H3. The smallest absolute Gasteiger partial charge is 0.110 e. The summed E-state index contributed by atoms with van der Waals surface area (Å²) in [6.07, 6.45) is 1.77. The summed E-state index contributed by atoms with van der Waals surface area (Å²) in [4.78, 5) is 0.